The molecule has 0 aliphatic rings. The van der Waals surface area contributed by atoms with Gasteiger partial charge in [-0.25, -0.2) is 8.42 Å². The molecule has 0 aromatic heterocycles. The van der Waals surface area contributed by atoms with E-state index in [1.807, 2.05) is 0 Å². The lowest BCUT2D eigenvalue weighted by Crippen LogP contribution is -2.19. The molecule has 0 spiro atoms. The van der Waals surface area contributed by atoms with Crippen molar-refractivity contribution in [1.29, 1.82) is 0 Å². The highest BCUT2D eigenvalue weighted by molar-refractivity contribution is 7.91. The maximum atomic E-state index is 11.9. The summed E-state index contributed by atoms with van der Waals surface area (Å²) >= 11 is 0. The van der Waals surface area contributed by atoms with Crippen molar-refractivity contribution in [2.24, 2.45) is 0 Å². The standard InChI is InChI=1S/C10H15NO4S/c1-7(14-2)16(12,13)8-4-5-9(11)10(6-8)15-3/h4-7H,11H2,1-3H3. The van der Waals surface area contributed by atoms with Gasteiger partial charge in [0, 0.05) is 13.2 Å². The number of anilines is 1. The van der Waals surface area contributed by atoms with Crippen LogP contribution in [0.1, 0.15) is 6.92 Å². The Morgan fingerprint density at radius 1 is 1.31 bits per heavy atom. The molecule has 0 aliphatic carbocycles. The molecule has 1 aromatic rings. The normalized spacial score (nSPS) is 13.4. The van der Waals surface area contributed by atoms with Gasteiger partial charge < -0.3 is 15.2 Å². The average molecular weight is 245 g/mol. The molecule has 0 bridgehead atoms. The van der Waals surface area contributed by atoms with Crippen LogP contribution in [0.2, 0.25) is 0 Å². The van der Waals surface area contributed by atoms with Crippen LogP contribution in [0.15, 0.2) is 23.1 Å². The molecule has 0 heterocycles. The molecular formula is C10H15NO4S. The molecule has 2 N–H and O–H groups in total. The Hall–Kier alpha value is -1.27. The van der Waals surface area contributed by atoms with E-state index in [9.17, 15) is 8.42 Å². The second-order valence-electron chi connectivity index (χ2n) is 3.25. The first-order chi connectivity index (χ1) is 7.43. The summed E-state index contributed by atoms with van der Waals surface area (Å²) in [5, 5.41) is 0. The number of nitrogens with two attached hydrogens (primary N) is 1. The highest BCUT2D eigenvalue weighted by atomic mass is 32.2. The molecule has 0 fully saturated rings. The van der Waals surface area contributed by atoms with Gasteiger partial charge in [-0.05, 0) is 19.1 Å². The molecule has 0 aliphatic heterocycles. The minimum Gasteiger partial charge on any atom is -0.495 e. The van der Waals surface area contributed by atoms with Crippen LogP contribution in [0.3, 0.4) is 0 Å². The van der Waals surface area contributed by atoms with Crippen LogP contribution in [0.5, 0.6) is 5.75 Å². The van der Waals surface area contributed by atoms with Gasteiger partial charge in [0.15, 0.2) is 5.44 Å². The molecule has 16 heavy (non-hydrogen) atoms. The van der Waals surface area contributed by atoms with Crippen LogP contribution in [-0.2, 0) is 14.6 Å². The van der Waals surface area contributed by atoms with Crippen molar-refractivity contribution in [3.8, 4) is 5.75 Å². The lowest BCUT2D eigenvalue weighted by atomic mass is 10.3. The van der Waals surface area contributed by atoms with Crippen LogP contribution >= 0.6 is 0 Å². The third-order valence-corrected chi connectivity index (χ3v) is 4.28. The van der Waals surface area contributed by atoms with Crippen molar-refractivity contribution < 1.29 is 17.9 Å². The first-order valence-corrected chi connectivity index (χ1v) is 6.18. The van der Waals surface area contributed by atoms with Crippen molar-refractivity contribution in [3.05, 3.63) is 18.2 Å². The number of sulfone groups is 1. The number of hydrogen-bond donors (Lipinski definition) is 1. The highest BCUT2D eigenvalue weighted by Crippen LogP contribution is 2.26. The smallest absolute Gasteiger partial charge is 0.205 e. The maximum absolute atomic E-state index is 11.9. The largest absolute Gasteiger partial charge is 0.495 e. The second-order valence-corrected chi connectivity index (χ2v) is 5.48. The number of benzene rings is 1. The summed E-state index contributed by atoms with van der Waals surface area (Å²) in [5.41, 5.74) is 5.09. The van der Waals surface area contributed by atoms with E-state index in [2.05, 4.69) is 0 Å². The van der Waals surface area contributed by atoms with E-state index in [0.717, 1.165) is 0 Å². The molecule has 0 saturated carbocycles. The van der Waals surface area contributed by atoms with Crippen molar-refractivity contribution in [1.82, 2.24) is 0 Å². The summed E-state index contributed by atoms with van der Waals surface area (Å²) < 4.78 is 33.6. The third kappa shape index (κ3) is 2.28. The summed E-state index contributed by atoms with van der Waals surface area (Å²) in [6.07, 6.45) is 0. The molecule has 90 valence electrons. The van der Waals surface area contributed by atoms with E-state index in [4.69, 9.17) is 15.2 Å². The van der Waals surface area contributed by atoms with Gasteiger partial charge in [-0.2, -0.15) is 0 Å². The lowest BCUT2D eigenvalue weighted by molar-refractivity contribution is 0.178. The van der Waals surface area contributed by atoms with Crippen molar-refractivity contribution in [2.75, 3.05) is 20.0 Å². The summed E-state index contributed by atoms with van der Waals surface area (Å²) in [4.78, 5) is 0.132. The van der Waals surface area contributed by atoms with Crippen LogP contribution in [0, 0.1) is 0 Å². The van der Waals surface area contributed by atoms with Crippen molar-refractivity contribution in [2.45, 2.75) is 17.3 Å². The molecule has 6 heteroatoms. The Kier molecular flexibility index (Phi) is 3.77. The Balaban J connectivity index is 3.24. The second kappa shape index (κ2) is 4.71. The minimum absolute atomic E-state index is 0.132. The number of hydrogen-bond acceptors (Lipinski definition) is 5. The summed E-state index contributed by atoms with van der Waals surface area (Å²) in [6, 6.07) is 4.32. The van der Waals surface area contributed by atoms with Crippen LogP contribution in [-0.4, -0.2) is 28.1 Å². The SMILES string of the molecule is COc1cc(S(=O)(=O)C(C)OC)ccc1N. The van der Waals surface area contributed by atoms with Gasteiger partial charge in [-0.3, -0.25) is 0 Å². The molecule has 5 nitrogen and oxygen atoms in total. The fourth-order valence-corrected chi connectivity index (χ4v) is 2.35. The van der Waals surface area contributed by atoms with E-state index in [1.165, 1.54) is 39.3 Å². The first kappa shape index (κ1) is 12.8. The number of methoxy groups -OCH3 is 2. The van der Waals surface area contributed by atoms with Gasteiger partial charge in [0.25, 0.3) is 0 Å². The minimum atomic E-state index is -3.50. The fraction of sp³-hybridized carbons (Fsp3) is 0.400. The van der Waals surface area contributed by atoms with Gasteiger partial charge in [0.2, 0.25) is 9.84 Å². The molecule has 0 amide bonds. The van der Waals surface area contributed by atoms with Gasteiger partial charge in [-0.1, -0.05) is 0 Å². The van der Waals surface area contributed by atoms with Crippen LogP contribution in [0.4, 0.5) is 5.69 Å². The van der Waals surface area contributed by atoms with Crippen molar-refractivity contribution in [3.63, 3.8) is 0 Å². The Bertz CT molecular complexity index is 470. The molecule has 1 rings (SSSR count). The molecule has 1 atom stereocenters. The van der Waals surface area contributed by atoms with Gasteiger partial charge in [0.1, 0.15) is 5.75 Å². The van der Waals surface area contributed by atoms with Crippen molar-refractivity contribution >= 4 is 15.5 Å². The third-order valence-electron chi connectivity index (χ3n) is 2.30. The first-order valence-electron chi connectivity index (χ1n) is 4.63. The zero-order valence-electron chi connectivity index (χ0n) is 9.43. The molecular weight excluding hydrogens is 230 g/mol. The van der Waals surface area contributed by atoms with Crippen LogP contribution in [0.25, 0.3) is 0 Å². The zero-order chi connectivity index (χ0) is 12.3. The maximum Gasteiger partial charge on any atom is 0.205 e. The Labute approximate surface area is 95.1 Å². The van der Waals surface area contributed by atoms with Gasteiger partial charge in [-0.15, -0.1) is 0 Å². The fourth-order valence-electron chi connectivity index (χ4n) is 1.19. The van der Waals surface area contributed by atoms with Crippen LogP contribution < -0.4 is 10.5 Å². The van der Waals surface area contributed by atoms with E-state index in [0.29, 0.717) is 11.4 Å². The van der Waals surface area contributed by atoms with E-state index in [-0.39, 0.29) is 4.90 Å². The summed E-state index contributed by atoms with van der Waals surface area (Å²) in [5.74, 6) is 0.337. The topological polar surface area (TPSA) is 78.6 Å². The number of rotatable bonds is 4. The van der Waals surface area contributed by atoms with Gasteiger partial charge in [0.05, 0.1) is 17.7 Å². The highest BCUT2D eigenvalue weighted by Gasteiger charge is 2.23. The quantitative estimate of drug-likeness (QED) is 0.802. The molecule has 1 unspecified atom stereocenters. The Morgan fingerprint density at radius 3 is 2.44 bits per heavy atom. The van der Waals surface area contributed by atoms with E-state index < -0.39 is 15.3 Å². The zero-order valence-corrected chi connectivity index (χ0v) is 10.2. The number of nitrogen functional groups attached to an aromatic ring is 1. The average Bonchev–Trinajstić information content (AvgIpc) is 2.28. The molecule has 1 aromatic carbocycles. The Morgan fingerprint density at radius 2 is 1.94 bits per heavy atom. The summed E-state index contributed by atoms with van der Waals surface area (Å²) in [6.45, 7) is 1.47. The molecule has 0 saturated heterocycles. The van der Waals surface area contributed by atoms with Gasteiger partial charge >= 0.3 is 0 Å². The van der Waals surface area contributed by atoms with E-state index in [1.54, 1.807) is 0 Å². The molecule has 0 radical (unpaired) electrons. The summed E-state index contributed by atoms with van der Waals surface area (Å²) in [7, 11) is -0.720. The van der Waals surface area contributed by atoms with E-state index >= 15 is 0 Å². The number of ether oxygens (including phenoxy) is 2. The predicted octanol–water partition coefficient (Wildman–Crippen LogP) is 1.04. The lowest BCUT2D eigenvalue weighted by Gasteiger charge is -2.12. The monoisotopic (exact) mass is 245 g/mol. The predicted molar refractivity (Wildman–Crippen MR) is 61.1 cm³/mol.